The topological polar surface area (TPSA) is 55.8 Å². The van der Waals surface area contributed by atoms with E-state index in [1.165, 1.54) is 4.90 Å². The average molecular weight is 347 g/mol. The van der Waals surface area contributed by atoms with Gasteiger partial charge in [-0.25, -0.2) is 9.59 Å². The molecule has 1 unspecified atom stereocenters. The van der Waals surface area contributed by atoms with Crippen molar-refractivity contribution in [3.05, 3.63) is 0 Å². The van der Waals surface area contributed by atoms with E-state index in [4.69, 9.17) is 44.3 Å². The maximum absolute atomic E-state index is 11.9. The van der Waals surface area contributed by atoms with Gasteiger partial charge in [-0.15, -0.1) is 0 Å². The predicted octanol–water partition coefficient (Wildman–Crippen LogP) is 3.30. The fraction of sp³-hybridized carbons (Fsp3) is 0.833. The van der Waals surface area contributed by atoms with E-state index in [1.807, 2.05) is 6.92 Å². The molecule has 8 heteroatoms. The highest BCUT2D eigenvalue weighted by molar-refractivity contribution is 6.67. The third kappa shape index (κ3) is 5.94. The van der Waals surface area contributed by atoms with E-state index in [9.17, 15) is 9.59 Å². The zero-order valence-electron chi connectivity index (χ0n) is 11.2. The average Bonchev–Trinajstić information content (AvgIpc) is 2.84. The molecule has 0 saturated carbocycles. The van der Waals surface area contributed by atoms with Crippen molar-refractivity contribution in [1.29, 1.82) is 0 Å². The molecule has 1 amide bonds. The van der Waals surface area contributed by atoms with Crippen LogP contribution in [0.1, 0.15) is 32.6 Å². The van der Waals surface area contributed by atoms with Crippen molar-refractivity contribution in [2.45, 2.75) is 42.4 Å². The van der Waals surface area contributed by atoms with Gasteiger partial charge in [-0.1, -0.05) is 48.1 Å². The van der Waals surface area contributed by atoms with Crippen LogP contribution in [-0.4, -0.2) is 46.6 Å². The first-order chi connectivity index (χ1) is 9.35. The lowest BCUT2D eigenvalue weighted by Crippen LogP contribution is -2.42. The minimum atomic E-state index is -1.66. The van der Waals surface area contributed by atoms with Crippen LogP contribution in [0.25, 0.3) is 0 Å². The van der Waals surface area contributed by atoms with Crippen molar-refractivity contribution in [3.63, 3.8) is 0 Å². The second-order valence-electron chi connectivity index (χ2n) is 4.54. The molecule has 20 heavy (non-hydrogen) atoms. The van der Waals surface area contributed by atoms with Gasteiger partial charge in [-0.2, -0.15) is 0 Å². The van der Waals surface area contributed by atoms with Gasteiger partial charge in [-0.05, 0) is 19.3 Å². The zero-order chi connectivity index (χ0) is 15.2. The predicted molar refractivity (Wildman–Crippen MR) is 77.2 cm³/mol. The molecule has 0 aromatic carbocycles. The van der Waals surface area contributed by atoms with E-state index in [2.05, 4.69) is 0 Å². The molecule has 1 heterocycles. The molecule has 0 bridgehead atoms. The molecule has 0 spiro atoms. The molecular formula is C12H18Cl3NO4. The highest BCUT2D eigenvalue weighted by Crippen LogP contribution is 2.27. The van der Waals surface area contributed by atoms with E-state index in [-0.39, 0.29) is 6.61 Å². The SMILES string of the molecule is CCCCOC(=O)C1CCCN1C(=O)OCC(Cl)(Cl)Cl. The molecule has 1 aliphatic rings. The van der Waals surface area contributed by atoms with E-state index >= 15 is 0 Å². The third-order valence-corrected chi connectivity index (χ3v) is 3.19. The number of ether oxygens (including phenoxy) is 2. The van der Waals surface area contributed by atoms with E-state index in [0.717, 1.165) is 19.3 Å². The van der Waals surface area contributed by atoms with Crippen molar-refractivity contribution in [2.75, 3.05) is 19.8 Å². The fourth-order valence-electron chi connectivity index (χ4n) is 1.87. The van der Waals surface area contributed by atoms with Crippen LogP contribution < -0.4 is 0 Å². The number of carbonyl (C=O) groups is 2. The van der Waals surface area contributed by atoms with Crippen LogP contribution in [0.5, 0.6) is 0 Å². The number of carbonyl (C=O) groups excluding carboxylic acids is 2. The number of hydrogen-bond acceptors (Lipinski definition) is 4. The number of esters is 1. The van der Waals surface area contributed by atoms with Gasteiger partial charge in [0.15, 0.2) is 0 Å². The van der Waals surface area contributed by atoms with Crippen LogP contribution in [0.3, 0.4) is 0 Å². The molecule has 116 valence electrons. The second-order valence-corrected chi connectivity index (χ2v) is 7.06. The molecule has 0 N–H and O–H groups in total. The maximum atomic E-state index is 11.9. The summed E-state index contributed by atoms with van der Waals surface area (Å²) in [4.78, 5) is 25.1. The lowest BCUT2D eigenvalue weighted by Gasteiger charge is -2.23. The van der Waals surface area contributed by atoms with Crippen molar-refractivity contribution in [1.82, 2.24) is 4.90 Å². The maximum Gasteiger partial charge on any atom is 0.410 e. The number of halogens is 3. The van der Waals surface area contributed by atoms with Gasteiger partial charge in [0.2, 0.25) is 3.79 Å². The fourth-order valence-corrected chi connectivity index (χ4v) is 2.03. The monoisotopic (exact) mass is 345 g/mol. The molecule has 0 aliphatic carbocycles. The summed E-state index contributed by atoms with van der Waals surface area (Å²) in [5, 5.41) is 0. The molecule has 1 aliphatic heterocycles. The largest absolute Gasteiger partial charge is 0.464 e. The number of amides is 1. The standard InChI is InChI=1S/C12H18Cl3NO4/c1-2-3-7-19-10(17)9-5-4-6-16(9)11(18)20-8-12(13,14)15/h9H,2-8H2,1H3. The molecule has 1 fully saturated rings. The molecule has 5 nitrogen and oxygen atoms in total. The van der Waals surface area contributed by atoms with Gasteiger partial charge >= 0.3 is 12.1 Å². The highest BCUT2D eigenvalue weighted by atomic mass is 35.6. The molecule has 1 saturated heterocycles. The highest BCUT2D eigenvalue weighted by Gasteiger charge is 2.37. The summed E-state index contributed by atoms with van der Waals surface area (Å²) in [6.07, 6.45) is 2.36. The number of likely N-dealkylation sites (tertiary alicyclic amines) is 1. The normalized spacial score (nSPS) is 19.0. The third-order valence-electron chi connectivity index (χ3n) is 2.86. The van der Waals surface area contributed by atoms with Crippen LogP contribution in [0.15, 0.2) is 0 Å². The van der Waals surface area contributed by atoms with Crippen molar-refractivity contribution in [2.24, 2.45) is 0 Å². The Bertz CT molecular complexity index is 346. The number of unbranched alkanes of at least 4 members (excludes halogenated alkanes) is 1. The van der Waals surface area contributed by atoms with Crippen molar-refractivity contribution in [3.8, 4) is 0 Å². The van der Waals surface area contributed by atoms with Crippen molar-refractivity contribution >= 4 is 46.9 Å². The number of hydrogen-bond donors (Lipinski definition) is 0. The summed E-state index contributed by atoms with van der Waals surface area (Å²) in [5.74, 6) is -0.401. The first-order valence-electron chi connectivity index (χ1n) is 6.52. The Morgan fingerprint density at radius 1 is 1.30 bits per heavy atom. The molecule has 0 aromatic heterocycles. The Balaban J connectivity index is 2.47. The Hall–Kier alpha value is -0.390. The molecular weight excluding hydrogens is 328 g/mol. The Kier molecular flexibility index (Phi) is 7.20. The number of rotatable bonds is 5. The van der Waals surface area contributed by atoms with E-state index in [1.54, 1.807) is 0 Å². The molecule has 1 atom stereocenters. The number of nitrogens with zero attached hydrogens (tertiary/aromatic N) is 1. The molecule has 0 aromatic rings. The quantitative estimate of drug-likeness (QED) is 0.435. The van der Waals surface area contributed by atoms with Crippen molar-refractivity contribution < 1.29 is 19.1 Å². The zero-order valence-corrected chi connectivity index (χ0v) is 13.5. The number of alkyl halides is 3. The van der Waals surface area contributed by atoms with Gasteiger partial charge in [0, 0.05) is 6.54 Å². The van der Waals surface area contributed by atoms with Crippen LogP contribution in [0.2, 0.25) is 0 Å². The Morgan fingerprint density at radius 3 is 2.60 bits per heavy atom. The van der Waals surface area contributed by atoms with E-state index in [0.29, 0.717) is 19.6 Å². The first-order valence-corrected chi connectivity index (χ1v) is 7.65. The summed E-state index contributed by atoms with van der Waals surface area (Å²) in [6.45, 7) is 2.45. The Morgan fingerprint density at radius 2 is 2.00 bits per heavy atom. The smallest absolute Gasteiger partial charge is 0.410 e. The summed E-state index contributed by atoms with van der Waals surface area (Å²) >= 11 is 16.5. The summed E-state index contributed by atoms with van der Waals surface area (Å²) in [7, 11) is 0. The van der Waals surface area contributed by atoms with Crippen LogP contribution in [0, 0.1) is 0 Å². The first kappa shape index (κ1) is 17.7. The Labute approximate surface area is 133 Å². The van der Waals surface area contributed by atoms with Gasteiger partial charge in [0.1, 0.15) is 12.6 Å². The van der Waals surface area contributed by atoms with Crippen LogP contribution in [0.4, 0.5) is 4.79 Å². The van der Waals surface area contributed by atoms with E-state index < -0.39 is 21.9 Å². The lowest BCUT2D eigenvalue weighted by atomic mass is 10.2. The lowest BCUT2D eigenvalue weighted by molar-refractivity contribution is -0.148. The minimum absolute atomic E-state index is 0.357. The van der Waals surface area contributed by atoms with Gasteiger partial charge in [0.05, 0.1) is 6.61 Å². The van der Waals surface area contributed by atoms with Crippen LogP contribution >= 0.6 is 34.8 Å². The molecule has 1 rings (SSSR count). The summed E-state index contributed by atoms with van der Waals surface area (Å²) in [5.41, 5.74) is 0. The van der Waals surface area contributed by atoms with Gasteiger partial charge in [-0.3, -0.25) is 4.90 Å². The van der Waals surface area contributed by atoms with Gasteiger partial charge < -0.3 is 9.47 Å². The van der Waals surface area contributed by atoms with Gasteiger partial charge in [0.25, 0.3) is 0 Å². The second kappa shape index (κ2) is 8.15. The van der Waals surface area contributed by atoms with Crippen LogP contribution in [-0.2, 0) is 14.3 Å². The summed E-state index contributed by atoms with van der Waals surface area (Å²) < 4.78 is 8.35. The minimum Gasteiger partial charge on any atom is -0.464 e. The molecule has 0 radical (unpaired) electrons. The summed E-state index contributed by atoms with van der Waals surface area (Å²) in [6, 6.07) is -0.602.